The van der Waals surface area contributed by atoms with Gasteiger partial charge >= 0.3 is 5.97 Å². The van der Waals surface area contributed by atoms with Gasteiger partial charge in [0.15, 0.2) is 9.84 Å². The van der Waals surface area contributed by atoms with Crippen molar-refractivity contribution in [1.29, 1.82) is 0 Å². The van der Waals surface area contributed by atoms with Crippen LogP contribution in [-0.4, -0.2) is 42.6 Å². The number of aliphatic hydroxyl groups is 1. The van der Waals surface area contributed by atoms with Crippen LogP contribution < -0.4 is 0 Å². The first kappa shape index (κ1) is 27.2. The molecule has 1 saturated heterocycles. The van der Waals surface area contributed by atoms with Gasteiger partial charge in [0.2, 0.25) is 0 Å². The Bertz CT molecular complexity index is 1350. The highest BCUT2D eigenvalue weighted by molar-refractivity contribution is 7.91. The van der Waals surface area contributed by atoms with Gasteiger partial charge in [0.05, 0.1) is 30.5 Å². The third kappa shape index (κ3) is 6.71. The third-order valence-corrected chi connectivity index (χ3v) is 8.83. The van der Waals surface area contributed by atoms with E-state index in [2.05, 4.69) is 36.4 Å². The molecular formula is C29H29ClO6S. The lowest BCUT2D eigenvalue weighted by Crippen LogP contribution is -2.43. The largest absolute Gasteiger partial charge is 0.481 e. The van der Waals surface area contributed by atoms with E-state index in [1.165, 1.54) is 17.7 Å². The lowest BCUT2D eigenvalue weighted by molar-refractivity contribution is -0.136. The number of sulfone groups is 1. The van der Waals surface area contributed by atoms with Crippen LogP contribution in [-0.2, 0) is 32.2 Å². The summed E-state index contributed by atoms with van der Waals surface area (Å²) in [5, 5.41) is 20.3. The summed E-state index contributed by atoms with van der Waals surface area (Å²) in [4.78, 5) is 10.8. The smallest absolute Gasteiger partial charge is 0.308 e. The number of aryl methyl sites for hydroxylation is 1. The van der Waals surface area contributed by atoms with Gasteiger partial charge in [-0.25, -0.2) is 8.42 Å². The maximum atomic E-state index is 13.1. The fourth-order valence-corrected chi connectivity index (χ4v) is 6.15. The van der Waals surface area contributed by atoms with Crippen LogP contribution in [0.2, 0.25) is 5.02 Å². The van der Waals surface area contributed by atoms with Gasteiger partial charge in [-0.15, -0.1) is 0 Å². The summed E-state index contributed by atoms with van der Waals surface area (Å²) < 4.78 is 32.5. The monoisotopic (exact) mass is 540 g/mol. The van der Waals surface area contributed by atoms with Gasteiger partial charge in [-0.1, -0.05) is 66.6 Å². The van der Waals surface area contributed by atoms with Crippen LogP contribution in [0.5, 0.6) is 0 Å². The van der Waals surface area contributed by atoms with Crippen LogP contribution >= 0.6 is 11.6 Å². The van der Waals surface area contributed by atoms with Crippen LogP contribution in [0.3, 0.4) is 0 Å². The molecule has 1 aliphatic heterocycles. The molecule has 3 aromatic carbocycles. The standard InChI is InChI=1S/C29H29ClO6S/c1-18-3-5-20(6-4-18)13-23-15-22(9-12-25(23)30)27-16-26(31)19(2)28(36-27)17-37(34,35)24-10-7-21(8-11-24)14-29(32)33/h3-7,9-10,12,15,19,26-28,31H,13-14,16-17H2,1-2H3,(H,32,33). The van der Waals surface area contributed by atoms with Gasteiger partial charge in [-0.2, -0.15) is 0 Å². The second kappa shape index (κ2) is 11.2. The number of rotatable bonds is 8. The fraction of sp³-hybridized carbons (Fsp3) is 0.345. The Hall–Kier alpha value is -2.89. The number of carboxylic acids is 1. The van der Waals surface area contributed by atoms with Crippen LogP contribution in [0.15, 0.2) is 59.5 Å². The van der Waals surface area contributed by atoms with Crippen LogP contribution in [0.1, 0.15) is 47.3 Å². The molecule has 4 rings (SSSR count). The van der Waals surface area contributed by atoms with Gasteiger partial charge in [0.1, 0.15) is 4.90 Å². The molecule has 0 radical (unpaired) electrons. The summed E-state index contributed by atoms with van der Waals surface area (Å²) in [5.41, 5.74) is 4.39. The minimum atomic E-state index is -3.82. The molecule has 4 atom stereocenters. The number of halogens is 1. The molecule has 0 aliphatic carbocycles. The zero-order valence-corrected chi connectivity index (χ0v) is 22.2. The van der Waals surface area contributed by atoms with E-state index in [1.807, 2.05) is 25.1 Å². The van der Waals surface area contributed by atoms with Crippen molar-refractivity contribution in [1.82, 2.24) is 0 Å². The molecular weight excluding hydrogens is 512 g/mol. The Morgan fingerprint density at radius 3 is 2.49 bits per heavy atom. The van der Waals surface area contributed by atoms with E-state index in [9.17, 15) is 18.3 Å². The van der Waals surface area contributed by atoms with Crippen molar-refractivity contribution in [2.75, 3.05) is 5.75 Å². The molecule has 8 heteroatoms. The zero-order chi connectivity index (χ0) is 26.7. The molecule has 0 spiro atoms. The first-order chi connectivity index (χ1) is 17.5. The SMILES string of the molecule is Cc1ccc(Cc2cc(C3CC(O)C(C)C(CS(=O)(=O)c4c#cc(CC(=O)O)cc4)O3)ccc2Cl)cc1. The Kier molecular flexibility index (Phi) is 8.25. The van der Waals surface area contributed by atoms with Crippen molar-refractivity contribution >= 4 is 27.4 Å². The zero-order valence-electron chi connectivity index (χ0n) is 20.6. The highest BCUT2D eigenvalue weighted by Crippen LogP contribution is 2.37. The summed E-state index contributed by atoms with van der Waals surface area (Å²) in [5.74, 6) is -1.77. The number of carbonyl (C=O) groups is 1. The molecule has 2 N–H and O–H groups in total. The number of ether oxygens (including phenoxy) is 1. The number of benzene rings is 2. The Labute approximate surface area is 222 Å². The quantitative estimate of drug-likeness (QED) is 0.427. The summed E-state index contributed by atoms with van der Waals surface area (Å²) in [6.45, 7) is 3.81. The minimum Gasteiger partial charge on any atom is -0.481 e. The van der Waals surface area contributed by atoms with E-state index in [-0.39, 0.29) is 17.1 Å². The predicted octanol–water partition coefficient (Wildman–Crippen LogP) is 4.77. The molecule has 1 aliphatic rings. The van der Waals surface area contributed by atoms with Crippen LogP contribution in [0.25, 0.3) is 0 Å². The highest BCUT2D eigenvalue weighted by atomic mass is 35.5. The fourth-order valence-electron chi connectivity index (χ4n) is 4.49. The number of hydrogen-bond acceptors (Lipinski definition) is 5. The molecule has 37 heavy (non-hydrogen) atoms. The Balaban J connectivity index is 1.52. The highest BCUT2D eigenvalue weighted by Gasteiger charge is 2.38. The Morgan fingerprint density at radius 2 is 1.84 bits per heavy atom. The van der Waals surface area contributed by atoms with E-state index in [1.54, 1.807) is 6.92 Å². The molecule has 0 amide bonds. The molecule has 1 fully saturated rings. The van der Waals surface area contributed by atoms with E-state index < -0.39 is 40.0 Å². The van der Waals surface area contributed by atoms with Gasteiger partial charge in [0, 0.05) is 22.9 Å². The molecule has 194 valence electrons. The predicted molar refractivity (Wildman–Crippen MR) is 140 cm³/mol. The third-order valence-electron chi connectivity index (χ3n) is 6.79. The lowest BCUT2D eigenvalue weighted by Gasteiger charge is -2.38. The second-order valence-corrected chi connectivity index (χ2v) is 12.1. The molecule has 6 nitrogen and oxygen atoms in total. The Morgan fingerprint density at radius 1 is 1.11 bits per heavy atom. The van der Waals surface area contributed by atoms with Crippen molar-refractivity contribution in [2.45, 2.75) is 56.3 Å². The number of aliphatic hydroxyl groups excluding tert-OH is 1. The second-order valence-electron chi connectivity index (χ2n) is 9.66. The van der Waals surface area contributed by atoms with E-state index in [4.69, 9.17) is 21.4 Å². The molecule has 3 aromatic rings. The number of aliphatic carboxylic acids is 1. The van der Waals surface area contributed by atoms with Gasteiger partial charge in [0.25, 0.3) is 0 Å². The van der Waals surface area contributed by atoms with Crippen molar-refractivity contribution in [3.8, 4) is 0 Å². The van der Waals surface area contributed by atoms with Gasteiger partial charge < -0.3 is 14.9 Å². The van der Waals surface area contributed by atoms with Crippen LogP contribution in [0.4, 0.5) is 0 Å². The topological polar surface area (TPSA) is 101 Å². The van der Waals surface area contributed by atoms with E-state index in [0.29, 0.717) is 23.4 Å². The lowest BCUT2D eigenvalue weighted by atomic mass is 9.88. The van der Waals surface area contributed by atoms with Crippen LogP contribution in [0, 0.1) is 25.0 Å². The summed E-state index contributed by atoms with van der Waals surface area (Å²) in [6.07, 6.45) is -1.27. The van der Waals surface area contributed by atoms with Crippen molar-refractivity contribution in [3.05, 3.63) is 99.6 Å². The number of carboxylic acid groups (broad SMARTS) is 1. The summed E-state index contributed by atoms with van der Waals surface area (Å²) in [6, 6.07) is 21.8. The molecule has 1 heterocycles. The maximum absolute atomic E-state index is 13.1. The molecule has 0 bridgehead atoms. The number of hydrogen-bond donors (Lipinski definition) is 2. The van der Waals surface area contributed by atoms with Gasteiger partial charge in [-0.05, 0) is 54.3 Å². The molecule has 0 aromatic heterocycles. The van der Waals surface area contributed by atoms with Crippen molar-refractivity contribution in [3.63, 3.8) is 0 Å². The van der Waals surface area contributed by atoms with E-state index in [0.717, 1.165) is 16.7 Å². The summed E-state index contributed by atoms with van der Waals surface area (Å²) in [7, 11) is -3.82. The van der Waals surface area contributed by atoms with Crippen molar-refractivity contribution < 1.29 is 28.2 Å². The van der Waals surface area contributed by atoms with Crippen molar-refractivity contribution in [2.24, 2.45) is 5.92 Å². The van der Waals surface area contributed by atoms with E-state index >= 15 is 0 Å². The average molecular weight is 541 g/mol. The maximum Gasteiger partial charge on any atom is 0.308 e. The molecule has 0 saturated carbocycles. The average Bonchev–Trinajstić information content (AvgIpc) is 2.84. The summed E-state index contributed by atoms with van der Waals surface area (Å²) >= 11 is 6.48. The first-order valence-corrected chi connectivity index (χ1v) is 14.1. The minimum absolute atomic E-state index is 0.0825. The molecule has 4 unspecified atom stereocenters. The first-order valence-electron chi connectivity index (χ1n) is 12.1. The normalized spacial score (nSPS) is 21.8. The van der Waals surface area contributed by atoms with Gasteiger partial charge in [-0.3, -0.25) is 4.79 Å².